The summed E-state index contributed by atoms with van der Waals surface area (Å²) in [6.07, 6.45) is 0. The molecule has 0 saturated heterocycles. The third-order valence-electron chi connectivity index (χ3n) is 1.88. The molecule has 0 unspecified atom stereocenters. The molecule has 5 heteroatoms. The Hall–Kier alpha value is -1.13. The lowest BCUT2D eigenvalue weighted by molar-refractivity contribution is 0.102. The Labute approximate surface area is 89.7 Å². The Morgan fingerprint density at radius 3 is 3.07 bits per heavy atom. The highest BCUT2D eigenvalue weighted by Crippen LogP contribution is 2.18. The molecule has 14 heavy (non-hydrogen) atoms. The lowest BCUT2D eigenvalue weighted by Gasteiger charge is -1.96. The van der Waals surface area contributed by atoms with Gasteiger partial charge in [0.15, 0.2) is 11.4 Å². The fourth-order valence-corrected chi connectivity index (χ4v) is 1.61. The van der Waals surface area contributed by atoms with Gasteiger partial charge in [-0.2, -0.15) is 0 Å². The smallest absolute Gasteiger partial charge is 0.266 e. The molecule has 0 atom stereocenters. The number of carbonyl (C=O) groups is 1. The molecule has 0 aliphatic heterocycles. The second-order valence-corrected chi connectivity index (χ2v) is 3.39. The maximum absolute atomic E-state index is 11.4. The minimum Gasteiger partial charge on any atom is -0.429 e. The van der Waals surface area contributed by atoms with Gasteiger partial charge in [0, 0.05) is 5.56 Å². The van der Waals surface area contributed by atoms with Crippen LogP contribution < -0.4 is 0 Å². The molecule has 1 aromatic carbocycles. The molecular formula is C9H6ClNO2S. The van der Waals surface area contributed by atoms with Crippen molar-refractivity contribution in [2.45, 2.75) is 0 Å². The van der Waals surface area contributed by atoms with Crippen LogP contribution in [0, 0.1) is 4.84 Å². The molecule has 0 radical (unpaired) electrons. The number of nitrogens with one attached hydrogen (secondary N) is 1. The number of carbonyl (C=O) groups excluding carboxylic acids is 1. The van der Waals surface area contributed by atoms with Gasteiger partial charge in [-0.1, -0.05) is 6.07 Å². The predicted octanol–water partition coefficient (Wildman–Crippen LogP) is 2.91. The second-order valence-electron chi connectivity index (χ2n) is 2.75. The van der Waals surface area contributed by atoms with Crippen molar-refractivity contribution in [1.82, 2.24) is 4.98 Å². The Morgan fingerprint density at radius 1 is 1.57 bits per heavy atom. The zero-order valence-electron chi connectivity index (χ0n) is 7.04. The van der Waals surface area contributed by atoms with Gasteiger partial charge < -0.3 is 9.40 Å². The number of H-pyrrole nitrogens is 1. The molecule has 72 valence electrons. The third kappa shape index (κ3) is 1.47. The van der Waals surface area contributed by atoms with Crippen LogP contribution in [0.1, 0.15) is 10.4 Å². The van der Waals surface area contributed by atoms with Crippen LogP contribution in [-0.2, 0) is 0 Å². The lowest BCUT2D eigenvalue weighted by Crippen LogP contribution is -2.00. The van der Waals surface area contributed by atoms with Crippen molar-refractivity contribution in [2.75, 3.05) is 5.88 Å². The highest BCUT2D eigenvalue weighted by Gasteiger charge is 2.10. The van der Waals surface area contributed by atoms with Gasteiger partial charge in [0.1, 0.15) is 0 Å². The summed E-state index contributed by atoms with van der Waals surface area (Å²) in [5.41, 5.74) is 1.70. The lowest BCUT2D eigenvalue weighted by atomic mass is 10.1. The number of para-hydroxylation sites is 1. The molecule has 0 spiro atoms. The molecule has 0 amide bonds. The highest BCUT2D eigenvalue weighted by molar-refractivity contribution is 7.71. The molecule has 2 aromatic rings. The first-order valence-electron chi connectivity index (χ1n) is 3.93. The summed E-state index contributed by atoms with van der Waals surface area (Å²) in [5, 5.41) is 0. The summed E-state index contributed by atoms with van der Waals surface area (Å²) in [6, 6.07) is 5.16. The van der Waals surface area contributed by atoms with Crippen molar-refractivity contribution in [3.63, 3.8) is 0 Å². The number of oxazole rings is 1. The monoisotopic (exact) mass is 227 g/mol. The summed E-state index contributed by atoms with van der Waals surface area (Å²) < 4.78 is 5.17. The molecule has 1 heterocycles. The number of fused-ring (bicyclic) bond motifs is 1. The van der Waals surface area contributed by atoms with Gasteiger partial charge in [-0.15, -0.1) is 11.6 Å². The van der Waals surface area contributed by atoms with Crippen molar-refractivity contribution in [3.8, 4) is 0 Å². The van der Waals surface area contributed by atoms with E-state index in [2.05, 4.69) is 4.98 Å². The number of benzene rings is 1. The van der Waals surface area contributed by atoms with Crippen molar-refractivity contribution < 1.29 is 9.21 Å². The van der Waals surface area contributed by atoms with Crippen LogP contribution in [0.4, 0.5) is 0 Å². The zero-order valence-corrected chi connectivity index (χ0v) is 8.61. The van der Waals surface area contributed by atoms with Crippen LogP contribution in [0.3, 0.4) is 0 Å². The minimum absolute atomic E-state index is 0.0507. The number of hydrogen-bond acceptors (Lipinski definition) is 3. The number of hydrogen-bond donors (Lipinski definition) is 1. The van der Waals surface area contributed by atoms with E-state index in [0.29, 0.717) is 16.7 Å². The Morgan fingerprint density at radius 2 is 2.36 bits per heavy atom. The molecule has 0 aliphatic carbocycles. The Kier molecular flexibility index (Phi) is 2.39. The van der Waals surface area contributed by atoms with E-state index in [1.807, 2.05) is 0 Å². The number of aromatic nitrogens is 1. The number of rotatable bonds is 2. The largest absolute Gasteiger partial charge is 0.429 e. The molecule has 0 fully saturated rings. The van der Waals surface area contributed by atoms with E-state index in [4.69, 9.17) is 28.2 Å². The SMILES string of the molecule is O=C(CCl)c1cccc2oc(=S)[nH]c12. The van der Waals surface area contributed by atoms with Gasteiger partial charge in [-0.05, 0) is 24.4 Å². The van der Waals surface area contributed by atoms with Gasteiger partial charge in [-0.25, -0.2) is 0 Å². The van der Waals surface area contributed by atoms with Gasteiger partial charge in [-0.3, -0.25) is 4.79 Å². The zero-order chi connectivity index (χ0) is 10.1. The van der Waals surface area contributed by atoms with Crippen LogP contribution in [0.25, 0.3) is 11.1 Å². The fourth-order valence-electron chi connectivity index (χ4n) is 1.28. The molecule has 0 saturated carbocycles. The van der Waals surface area contributed by atoms with E-state index >= 15 is 0 Å². The summed E-state index contributed by atoms with van der Waals surface area (Å²) >= 11 is 10.3. The maximum Gasteiger partial charge on any atom is 0.266 e. The normalized spacial score (nSPS) is 10.6. The first-order chi connectivity index (χ1) is 6.72. The molecule has 2 rings (SSSR count). The third-order valence-corrected chi connectivity index (χ3v) is 2.31. The summed E-state index contributed by atoms with van der Waals surface area (Å²) in [4.78, 5) is 14.5. The number of Topliss-reactive ketones (excluding diaryl/α,β-unsaturated/α-hetero) is 1. The van der Waals surface area contributed by atoms with E-state index < -0.39 is 0 Å². The highest BCUT2D eigenvalue weighted by atomic mass is 35.5. The van der Waals surface area contributed by atoms with Gasteiger partial charge >= 0.3 is 0 Å². The summed E-state index contributed by atoms with van der Waals surface area (Å²) in [6.45, 7) is 0. The van der Waals surface area contributed by atoms with E-state index in [1.165, 1.54) is 0 Å². The van der Waals surface area contributed by atoms with Crippen molar-refractivity contribution in [3.05, 3.63) is 28.6 Å². The Bertz CT molecular complexity index is 543. The van der Waals surface area contributed by atoms with Crippen LogP contribution in [-0.4, -0.2) is 16.6 Å². The fraction of sp³-hybridized carbons (Fsp3) is 0.111. The van der Waals surface area contributed by atoms with E-state index in [9.17, 15) is 4.79 Å². The maximum atomic E-state index is 11.4. The quantitative estimate of drug-likeness (QED) is 0.488. The van der Waals surface area contributed by atoms with Crippen molar-refractivity contribution >= 4 is 40.7 Å². The number of ketones is 1. The average Bonchev–Trinajstić information content (AvgIpc) is 2.56. The van der Waals surface area contributed by atoms with Crippen molar-refractivity contribution in [1.29, 1.82) is 0 Å². The van der Waals surface area contributed by atoms with Crippen molar-refractivity contribution in [2.24, 2.45) is 0 Å². The van der Waals surface area contributed by atoms with Crippen LogP contribution in [0.15, 0.2) is 22.6 Å². The first kappa shape index (κ1) is 9.43. The first-order valence-corrected chi connectivity index (χ1v) is 4.87. The molecule has 3 nitrogen and oxygen atoms in total. The van der Waals surface area contributed by atoms with Crippen LogP contribution >= 0.6 is 23.8 Å². The minimum atomic E-state index is -0.149. The topological polar surface area (TPSA) is 46.0 Å². The number of halogens is 1. The summed E-state index contributed by atoms with van der Waals surface area (Å²) in [7, 11) is 0. The Balaban J connectivity index is 2.76. The molecule has 0 bridgehead atoms. The summed E-state index contributed by atoms with van der Waals surface area (Å²) in [5.74, 6) is -0.199. The van der Waals surface area contributed by atoms with E-state index in [-0.39, 0.29) is 16.5 Å². The van der Waals surface area contributed by atoms with Gasteiger partial charge in [0.25, 0.3) is 4.84 Å². The van der Waals surface area contributed by atoms with E-state index in [0.717, 1.165) is 0 Å². The second kappa shape index (κ2) is 3.55. The predicted molar refractivity (Wildman–Crippen MR) is 56.4 cm³/mol. The van der Waals surface area contributed by atoms with Gasteiger partial charge in [0.05, 0.1) is 11.4 Å². The van der Waals surface area contributed by atoms with Crippen LogP contribution in [0.5, 0.6) is 0 Å². The van der Waals surface area contributed by atoms with Crippen LogP contribution in [0.2, 0.25) is 0 Å². The van der Waals surface area contributed by atoms with E-state index in [1.54, 1.807) is 18.2 Å². The van der Waals surface area contributed by atoms with Gasteiger partial charge in [0.2, 0.25) is 0 Å². The number of aromatic amines is 1. The standard InChI is InChI=1S/C9H6ClNO2S/c10-4-6(12)5-2-1-3-7-8(5)11-9(14)13-7/h1-3H,4H2,(H,11,14). The number of alkyl halides is 1. The molecule has 1 aromatic heterocycles. The molecule has 1 N–H and O–H groups in total. The molecular weight excluding hydrogens is 222 g/mol. The average molecular weight is 228 g/mol. The molecule has 0 aliphatic rings.